The van der Waals surface area contributed by atoms with Crippen LogP contribution < -0.4 is 0 Å². The number of halogens is 1. The van der Waals surface area contributed by atoms with Gasteiger partial charge in [-0.1, -0.05) is 0 Å². The van der Waals surface area contributed by atoms with Gasteiger partial charge in [-0.3, -0.25) is 0 Å². The van der Waals surface area contributed by atoms with Crippen molar-refractivity contribution in [3.8, 4) is 0 Å². The van der Waals surface area contributed by atoms with E-state index in [1.807, 2.05) is 0 Å². The molecule has 0 N–H and O–H groups in total. The van der Waals surface area contributed by atoms with Crippen LogP contribution in [0.5, 0.6) is 0 Å². The van der Waals surface area contributed by atoms with Crippen LogP contribution in [0.2, 0.25) is 13.8 Å². The average molecular weight is 269 g/mol. The van der Waals surface area contributed by atoms with Gasteiger partial charge in [0.1, 0.15) is 0 Å². The number of hydrogen-bond acceptors (Lipinski definition) is 1. The molecule has 60 valence electrons. The molecule has 0 aromatic rings. The summed E-state index contributed by atoms with van der Waals surface area (Å²) in [6, 6.07) is 0. The van der Waals surface area contributed by atoms with Gasteiger partial charge in [0.15, 0.2) is 0 Å². The third-order valence-corrected chi connectivity index (χ3v) is 12.5. The Balaban J connectivity index is 2.30. The predicted octanol–water partition coefficient (Wildman–Crippen LogP) is 2.61. The summed E-state index contributed by atoms with van der Waals surface area (Å²) >= 11 is -1.96. The summed E-state index contributed by atoms with van der Waals surface area (Å²) in [5.74, 6) is 0. The SMILES string of the molecule is [CH3][Sn]1([Cl])[CH2]CCOCC[CH2]1. The van der Waals surface area contributed by atoms with Crippen molar-refractivity contribution in [1.82, 2.24) is 0 Å². The van der Waals surface area contributed by atoms with Crippen molar-refractivity contribution in [3.63, 3.8) is 0 Å². The standard InChI is InChI=1S/C6H12O.CH3.ClH.Sn/c1-3-5-7-6-4-2;;;/h1-6H2;1H3;1H;/q;;;+1/p-1. The molecule has 1 saturated heterocycles. The van der Waals surface area contributed by atoms with Gasteiger partial charge in [0, 0.05) is 0 Å². The second-order valence-corrected chi connectivity index (χ2v) is 20.3. The Kier molecular flexibility index (Phi) is 3.81. The van der Waals surface area contributed by atoms with Gasteiger partial charge in [-0.25, -0.2) is 0 Å². The fraction of sp³-hybridized carbons (Fsp3) is 1.00. The maximum atomic E-state index is 6.40. The average Bonchev–Trinajstić information content (AvgIpc) is 1.81. The van der Waals surface area contributed by atoms with E-state index in [0.29, 0.717) is 0 Å². The van der Waals surface area contributed by atoms with E-state index in [1.165, 1.54) is 21.7 Å². The van der Waals surface area contributed by atoms with Crippen LogP contribution in [0.4, 0.5) is 0 Å². The summed E-state index contributed by atoms with van der Waals surface area (Å²) < 4.78 is 7.95. The molecule has 0 aromatic carbocycles. The van der Waals surface area contributed by atoms with Crippen molar-refractivity contribution in [3.05, 3.63) is 0 Å². The molecule has 1 heterocycles. The van der Waals surface area contributed by atoms with Crippen LogP contribution in [0.3, 0.4) is 0 Å². The van der Waals surface area contributed by atoms with Gasteiger partial charge in [-0.15, -0.1) is 0 Å². The van der Waals surface area contributed by atoms with Crippen LogP contribution in [-0.4, -0.2) is 30.5 Å². The number of rotatable bonds is 0. The first-order valence-corrected chi connectivity index (χ1v) is 14.5. The molecule has 10 heavy (non-hydrogen) atoms. The van der Waals surface area contributed by atoms with E-state index in [1.54, 1.807) is 0 Å². The van der Waals surface area contributed by atoms with E-state index in [4.69, 9.17) is 13.7 Å². The van der Waals surface area contributed by atoms with Gasteiger partial charge >= 0.3 is 70.8 Å². The van der Waals surface area contributed by atoms with Gasteiger partial charge in [-0.05, 0) is 0 Å². The Hall–Kier alpha value is 1.05. The molecule has 0 saturated carbocycles. The molecule has 0 spiro atoms. The summed E-state index contributed by atoms with van der Waals surface area (Å²) in [5, 5.41) is 0. The molecule has 0 atom stereocenters. The zero-order valence-corrected chi connectivity index (χ0v) is 10.1. The molecule has 1 nitrogen and oxygen atoms in total. The summed E-state index contributed by atoms with van der Waals surface area (Å²) in [6.07, 6.45) is 2.41. The second kappa shape index (κ2) is 4.17. The number of hydrogen-bond donors (Lipinski definition) is 0. The molecule has 1 fully saturated rings. The Morgan fingerprint density at radius 3 is 2.20 bits per heavy atom. The van der Waals surface area contributed by atoms with E-state index in [0.717, 1.165) is 13.2 Å². The van der Waals surface area contributed by atoms with E-state index < -0.39 is 17.3 Å². The Bertz CT molecular complexity index is 95.8. The first-order valence-electron chi connectivity index (χ1n) is 3.97. The first kappa shape index (κ1) is 9.14. The van der Waals surface area contributed by atoms with Crippen LogP contribution in [0.1, 0.15) is 12.8 Å². The third-order valence-electron chi connectivity index (χ3n) is 1.97. The van der Waals surface area contributed by atoms with Crippen molar-refractivity contribution in [1.29, 1.82) is 0 Å². The molecule has 0 bridgehead atoms. The third kappa shape index (κ3) is 3.44. The quantitative estimate of drug-likeness (QED) is 0.614. The topological polar surface area (TPSA) is 9.23 Å². The van der Waals surface area contributed by atoms with Gasteiger partial charge in [0.05, 0.1) is 0 Å². The Labute approximate surface area is 70.7 Å². The Morgan fingerprint density at radius 2 is 1.70 bits per heavy atom. The fourth-order valence-corrected chi connectivity index (χ4v) is 8.85. The van der Waals surface area contributed by atoms with Crippen molar-refractivity contribution in [2.45, 2.75) is 26.7 Å². The molecule has 0 unspecified atom stereocenters. The predicted molar refractivity (Wildman–Crippen MR) is 47.1 cm³/mol. The van der Waals surface area contributed by atoms with Crippen molar-refractivity contribution >= 4 is 26.2 Å². The van der Waals surface area contributed by atoms with Crippen molar-refractivity contribution in [2.24, 2.45) is 0 Å². The molecule has 1 aliphatic rings. The van der Waals surface area contributed by atoms with Gasteiger partial charge in [-0.2, -0.15) is 0 Å². The molecule has 0 aliphatic carbocycles. The zero-order chi connectivity index (χ0) is 7.45. The van der Waals surface area contributed by atoms with E-state index in [9.17, 15) is 0 Å². The maximum absolute atomic E-state index is 6.40. The summed E-state index contributed by atoms with van der Waals surface area (Å²) in [6.45, 7) is 1.89. The summed E-state index contributed by atoms with van der Waals surface area (Å²) in [4.78, 5) is 2.33. The number of ether oxygens (including phenoxy) is 1. The van der Waals surface area contributed by atoms with Crippen LogP contribution in [-0.2, 0) is 4.74 Å². The van der Waals surface area contributed by atoms with Gasteiger partial charge < -0.3 is 0 Å². The van der Waals surface area contributed by atoms with Gasteiger partial charge in [0.2, 0.25) is 0 Å². The zero-order valence-electron chi connectivity index (χ0n) is 6.53. The second-order valence-electron chi connectivity index (χ2n) is 3.23. The molecule has 1 aliphatic heterocycles. The molecule has 3 heteroatoms. The van der Waals surface area contributed by atoms with Gasteiger partial charge in [0.25, 0.3) is 0 Å². The summed E-state index contributed by atoms with van der Waals surface area (Å²) in [7, 11) is 6.40. The summed E-state index contributed by atoms with van der Waals surface area (Å²) in [5.41, 5.74) is 0. The Morgan fingerprint density at radius 1 is 1.20 bits per heavy atom. The molecule has 0 aromatic heterocycles. The van der Waals surface area contributed by atoms with Crippen LogP contribution in [0, 0.1) is 0 Å². The minimum absolute atomic E-state index is 0.944. The van der Waals surface area contributed by atoms with Crippen LogP contribution in [0.25, 0.3) is 0 Å². The molecule has 1 rings (SSSR count). The van der Waals surface area contributed by atoms with E-state index in [-0.39, 0.29) is 0 Å². The monoisotopic (exact) mass is 270 g/mol. The van der Waals surface area contributed by atoms with Crippen LogP contribution in [0.15, 0.2) is 0 Å². The van der Waals surface area contributed by atoms with Crippen molar-refractivity contribution < 1.29 is 4.74 Å². The normalized spacial score (nSPS) is 27.0. The molecular formula is C7H15ClOSn. The van der Waals surface area contributed by atoms with E-state index >= 15 is 0 Å². The molecular weight excluding hydrogens is 254 g/mol. The van der Waals surface area contributed by atoms with Crippen LogP contribution >= 0.6 is 8.92 Å². The molecule has 0 radical (unpaired) electrons. The fourth-order valence-electron chi connectivity index (χ4n) is 1.31. The first-order chi connectivity index (χ1) is 4.71. The molecule has 0 amide bonds. The van der Waals surface area contributed by atoms with Crippen molar-refractivity contribution in [2.75, 3.05) is 13.2 Å². The minimum atomic E-state index is -1.96. The van der Waals surface area contributed by atoms with E-state index in [2.05, 4.69) is 4.94 Å².